The Morgan fingerprint density at radius 3 is 2.40 bits per heavy atom. The van der Waals surface area contributed by atoms with Crippen LogP contribution in [0.5, 0.6) is 0 Å². The van der Waals surface area contributed by atoms with Crippen molar-refractivity contribution in [1.29, 1.82) is 0 Å². The molecule has 5 aliphatic rings. The van der Waals surface area contributed by atoms with Gasteiger partial charge in [-0.25, -0.2) is 0 Å². The predicted molar refractivity (Wildman–Crippen MR) is 103 cm³/mol. The number of hydrogen-bond donors (Lipinski definition) is 0. The Bertz CT molecular complexity index is 510. The second-order valence-electron chi connectivity index (χ2n) is 11.3. The van der Waals surface area contributed by atoms with Gasteiger partial charge in [0.05, 0.1) is 12.7 Å². The quantitative estimate of drug-likeness (QED) is 0.545. The molecule has 0 aromatic carbocycles. The van der Waals surface area contributed by atoms with Crippen molar-refractivity contribution in [3.63, 3.8) is 0 Å². The maximum absolute atomic E-state index is 5.67. The number of epoxide rings is 1. The van der Waals surface area contributed by atoms with Crippen molar-refractivity contribution in [3.05, 3.63) is 0 Å². The third kappa shape index (κ3) is 2.58. The molecule has 11 atom stereocenters. The Labute approximate surface area is 155 Å². The second-order valence-corrected chi connectivity index (χ2v) is 11.3. The van der Waals surface area contributed by atoms with Crippen LogP contribution in [0.1, 0.15) is 79.1 Å². The van der Waals surface area contributed by atoms with Crippen molar-refractivity contribution in [2.24, 2.45) is 58.7 Å². The van der Waals surface area contributed by atoms with Gasteiger partial charge in [0.25, 0.3) is 0 Å². The minimum atomic E-state index is 0.612. The van der Waals surface area contributed by atoms with E-state index in [2.05, 4.69) is 27.7 Å². The molecular formula is C24H40O. The van der Waals surface area contributed by atoms with E-state index in [1.165, 1.54) is 19.3 Å². The predicted octanol–water partition coefficient (Wildman–Crippen LogP) is 6.17. The summed E-state index contributed by atoms with van der Waals surface area (Å²) in [5.41, 5.74) is 0.612. The first-order valence-electron chi connectivity index (χ1n) is 11.6. The molecule has 5 fully saturated rings. The van der Waals surface area contributed by atoms with Gasteiger partial charge >= 0.3 is 0 Å². The number of rotatable bonds is 2. The fourth-order valence-electron chi connectivity index (χ4n) is 9.05. The van der Waals surface area contributed by atoms with Crippen LogP contribution in [0.3, 0.4) is 0 Å². The van der Waals surface area contributed by atoms with E-state index in [1.807, 2.05) is 0 Å². The van der Waals surface area contributed by atoms with E-state index in [4.69, 9.17) is 4.74 Å². The van der Waals surface area contributed by atoms with Crippen LogP contribution < -0.4 is 0 Å². The SMILES string of the molecule is C[C@H]1CC[C@@H]2C3CC[C@]4(C)C(CC5CO5)[C@@H](C)[C@@H](C)C4[C@@H]3CC[C@@H]2C1. The Hall–Kier alpha value is -0.0400. The van der Waals surface area contributed by atoms with Crippen LogP contribution in [0, 0.1) is 58.7 Å². The summed E-state index contributed by atoms with van der Waals surface area (Å²) in [6, 6.07) is 0. The van der Waals surface area contributed by atoms with Crippen molar-refractivity contribution >= 4 is 0 Å². The molecule has 0 aromatic heterocycles. The van der Waals surface area contributed by atoms with Crippen LogP contribution in [0.4, 0.5) is 0 Å². The summed E-state index contributed by atoms with van der Waals surface area (Å²) in [7, 11) is 0. The lowest BCUT2D eigenvalue weighted by Gasteiger charge is -2.57. The molecule has 1 saturated heterocycles. The van der Waals surface area contributed by atoms with E-state index >= 15 is 0 Å². The van der Waals surface area contributed by atoms with Crippen molar-refractivity contribution in [2.45, 2.75) is 85.2 Å². The highest BCUT2D eigenvalue weighted by molar-refractivity contribution is 5.10. The molecule has 0 bridgehead atoms. The fourth-order valence-corrected chi connectivity index (χ4v) is 9.05. The molecule has 0 amide bonds. The molecule has 1 heteroatoms. The minimum absolute atomic E-state index is 0.612. The summed E-state index contributed by atoms with van der Waals surface area (Å²) < 4.78 is 5.67. The van der Waals surface area contributed by atoms with Gasteiger partial charge in [0.1, 0.15) is 0 Å². The highest BCUT2D eigenvalue weighted by Gasteiger charge is 2.61. The summed E-state index contributed by atoms with van der Waals surface area (Å²) >= 11 is 0. The van der Waals surface area contributed by atoms with Gasteiger partial charge in [-0.15, -0.1) is 0 Å². The lowest BCUT2D eigenvalue weighted by atomic mass is 9.48. The number of ether oxygens (including phenoxy) is 1. The second kappa shape index (κ2) is 5.98. The number of hydrogen-bond acceptors (Lipinski definition) is 1. The Morgan fingerprint density at radius 2 is 1.64 bits per heavy atom. The van der Waals surface area contributed by atoms with E-state index in [0.29, 0.717) is 11.5 Å². The van der Waals surface area contributed by atoms with Crippen LogP contribution >= 0.6 is 0 Å². The largest absolute Gasteiger partial charge is 0.373 e. The average Bonchev–Trinajstić information content (AvgIpc) is 3.39. The maximum Gasteiger partial charge on any atom is 0.0812 e. The standard InChI is InChI=1S/C24H40O/c1-14-5-7-19-17(11-14)6-8-21-20(19)9-10-24(4)22(12-18-13-25-18)15(2)16(3)23(21)24/h14-23H,5-13H2,1-4H3/t14-,15-,16+,17+,18?,19-,20?,21+,22?,23?,24+/m0/s1. The topological polar surface area (TPSA) is 12.5 Å². The lowest BCUT2D eigenvalue weighted by Crippen LogP contribution is -2.49. The molecule has 4 saturated carbocycles. The maximum atomic E-state index is 5.67. The van der Waals surface area contributed by atoms with Gasteiger partial charge in [-0.3, -0.25) is 0 Å². The molecule has 5 rings (SSSR count). The Morgan fingerprint density at radius 1 is 0.880 bits per heavy atom. The first-order chi connectivity index (χ1) is 12.0. The van der Waals surface area contributed by atoms with Crippen molar-refractivity contribution < 1.29 is 4.74 Å². The van der Waals surface area contributed by atoms with Crippen LogP contribution in [0.15, 0.2) is 0 Å². The number of fused-ring (bicyclic) bond motifs is 5. The summed E-state index contributed by atoms with van der Waals surface area (Å²) in [6.45, 7) is 11.5. The van der Waals surface area contributed by atoms with E-state index < -0.39 is 0 Å². The first-order valence-corrected chi connectivity index (χ1v) is 11.6. The van der Waals surface area contributed by atoms with E-state index in [0.717, 1.165) is 59.9 Å². The van der Waals surface area contributed by atoms with Gasteiger partial charge in [0.2, 0.25) is 0 Å². The molecule has 142 valence electrons. The molecule has 1 aliphatic heterocycles. The van der Waals surface area contributed by atoms with Crippen LogP contribution in [0.25, 0.3) is 0 Å². The fraction of sp³-hybridized carbons (Fsp3) is 1.00. The average molecular weight is 345 g/mol. The third-order valence-corrected chi connectivity index (χ3v) is 10.3. The summed E-state index contributed by atoms with van der Waals surface area (Å²) in [5, 5.41) is 0. The summed E-state index contributed by atoms with van der Waals surface area (Å²) in [5.74, 6) is 9.07. The molecule has 25 heavy (non-hydrogen) atoms. The summed E-state index contributed by atoms with van der Waals surface area (Å²) in [6.07, 6.45) is 12.8. The van der Waals surface area contributed by atoms with Gasteiger partial charge in [0.15, 0.2) is 0 Å². The highest BCUT2D eigenvalue weighted by atomic mass is 16.6. The molecule has 4 unspecified atom stereocenters. The zero-order valence-electron chi connectivity index (χ0n) is 17.0. The molecule has 1 heterocycles. The van der Waals surface area contributed by atoms with E-state index in [1.54, 1.807) is 32.1 Å². The van der Waals surface area contributed by atoms with Crippen molar-refractivity contribution in [1.82, 2.24) is 0 Å². The van der Waals surface area contributed by atoms with Crippen LogP contribution in [0.2, 0.25) is 0 Å². The zero-order chi connectivity index (χ0) is 17.3. The van der Waals surface area contributed by atoms with Crippen molar-refractivity contribution in [2.75, 3.05) is 6.61 Å². The van der Waals surface area contributed by atoms with Crippen LogP contribution in [-0.4, -0.2) is 12.7 Å². The third-order valence-electron chi connectivity index (χ3n) is 10.3. The minimum Gasteiger partial charge on any atom is -0.373 e. The van der Waals surface area contributed by atoms with Gasteiger partial charge in [-0.1, -0.05) is 34.1 Å². The molecule has 4 aliphatic carbocycles. The van der Waals surface area contributed by atoms with E-state index in [-0.39, 0.29) is 0 Å². The molecule has 0 aromatic rings. The molecule has 0 radical (unpaired) electrons. The van der Waals surface area contributed by atoms with Gasteiger partial charge < -0.3 is 4.74 Å². The van der Waals surface area contributed by atoms with Gasteiger partial charge in [0, 0.05) is 0 Å². The van der Waals surface area contributed by atoms with Gasteiger partial charge in [-0.05, 0) is 104 Å². The molecule has 0 spiro atoms. The smallest absolute Gasteiger partial charge is 0.0812 e. The molecule has 1 nitrogen and oxygen atoms in total. The molecule has 0 N–H and O–H groups in total. The normalized spacial score (nSPS) is 60.5. The Kier molecular flexibility index (Phi) is 4.09. The van der Waals surface area contributed by atoms with Crippen molar-refractivity contribution in [3.8, 4) is 0 Å². The van der Waals surface area contributed by atoms with E-state index in [9.17, 15) is 0 Å². The highest BCUT2D eigenvalue weighted by Crippen LogP contribution is 2.68. The lowest BCUT2D eigenvalue weighted by molar-refractivity contribution is -0.0772. The monoisotopic (exact) mass is 344 g/mol. The first kappa shape index (κ1) is 17.1. The van der Waals surface area contributed by atoms with Crippen LogP contribution in [-0.2, 0) is 4.74 Å². The zero-order valence-corrected chi connectivity index (χ0v) is 17.0. The van der Waals surface area contributed by atoms with Gasteiger partial charge in [-0.2, -0.15) is 0 Å². The summed E-state index contributed by atoms with van der Waals surface area (Å²) in [4.78, 5) is 0. The Balaban J connectivity index is 1.41. The molecular weight excluding hydrogens is 304 g/mol.